The van der Waals surface area contributed by atoms with Gasteiger partial charge in [-0.05, 0) is 24.5 Å². The van der Waals surface area contributed by atoms with Gasteiger partial charge in [0, 0.05) is 6.42 Å². The van der Waals surface area contributed by atoms with Gasteiger partial charge in [0.2, 0.25) is 0 Å². The Labute approximate surface area is 98.5 Å². The van der Waals surface area contributed by atoms with Crippen LogP contribution in [0.1, 0.15) is 26.1 Å². The van der Waals surface area contributed by atoms with Crippen LogP contribution < -0.4 is 5.73 Å². The minimum Gasteiger partial charge on any atom is -0.391 e. The van der Waals surface area contributed by atoms with Crippen LogP contribution >= 0.6 is 11.3 Å². The Morgan fingerprint density at radius 3 is 2.88 bits per heavy atom. The maximum Gasteiger partial charge on any atom is 0.268 e. The Morgan fingerprint density at radius 2 is 2.25 bits per heavy atom. The number of hydrogen-bond acceptors (Lipinski definition) is 5. The highest BCUT2D eigenvalue weighted by Gasteiger charge is 2.10. The minimum absolute atomic E-state index is 0.570. The lowest BCUT2D eigenvalue weighted by atomic mass is 10.1. The molecule has 0 saturated heterocycles. The van der Waals surface area contributed by atoms with Crippen LogP contribution in [-0.2, 0) is 6.42 Å². The van der Waals surface area contributed by atoms with Crippen molar-refractivity contribution in [3.8, 4) is 10.8 Å². The van der Waals surface area contributed by atoms with Crippen molar-refractivity contribution in [3.63, 3.8) is 0 Å². The van der Waals surface area contributed by atoms with E-state index in [-0.39, 0.29) is 0 Å². The molecule has 0 unspecified atom stereocenters. The molecule has 0 spiro atoms. The van der Waals surface area contributed by atoms with Crippen molar-refractivity contribution in [2.45, 2.75) is 26.7 Å². The number of hydrogen-bond donors (Lipinski definition) is 1. The summed E-state index contributed by atoms with van der Waals surface area (Å²) in [4.78, 5) is 5.27. The molecule has 0 saturated carbocycles. The van der Waals surface area contributed by atoms with Crippen LogP contribution in [-0.4, -0.2) is 10.1 Å². The second-order valence-corrected chi connectivity index (χ2v) is 5.27. The Hall–Kier alpha value is -1.36. The van der Waals surface area contributed by atoms with Gasteiger partial charge in [0.15, 0.2) is 5.82 Å². The molecule has 0 aromatic carbocycles. The van der Waals surface area contributed by atoms with Crippen LogP contribution in [0.3, 0.4) is 0 Å². The van der Waals surface area contributed by atoms with E-state index in [9.17, 15) is 0 Å². The highest BCUT2D eigenvalue weighted by molar-refractivity contribution is 7.19. The fourth-order valence-corrected chi connectivity index (χ4v) is 2.04. The summed E-state index contributed by atoms with van der Waals surface area (Å²) in [5.41, 5.74) is 5.65. The lowest BCUT2D eigenvalue weighted by molar-refractivity contribution is 0.420. The molecule has 2 N–H and O–H groups in total. The van der Waals surface area contributed by atoms with E-state index in [0.717, 1.165) is 28.5 Å². The van der Waals surface area contributed by atoms with Gasteiger partial charge in [0.25, 0.3) is 5.89 Å². The Balaban J connectivity index is 2.07. The molecule has 2 heterocycles. The quantitative estimate of drug-likeness (QED) is 0.887. The van der Waals surface area contributed by atoms with Gasteiger partial charge in [0.1, 0.15) is 0 Å². The summed E-state index contributed by atoms with van der Waals surface area (Å²) in [5.74, 6) is 2.00. The second-order valence-electron chi connectivity index (χ2n) is 4.15. The molecule has 0 radical (unpaired) electrons. The van der Waals surface area contributed by atoms with Crippen LogP contribution in [0.15, 0.2) is 16.7 Å². The number of nitrogen functional groups attached to an aromatic ring is 1. The SMILES string of the molecule is CC(C)CCc1noc(-c2ccc(N)s2)n1. The average Bonchev–Trinajstić information content (AvgIpc) is 2.83. The zero-order valence-corrected chi connectivity index (χ0v) is 10.3. The summed E-state index contributed by atoms with van der Waals surface area (Å²) in [6.45, 7) is 4.36. The first-order valence-corrected chi connectivity index (χ1v) is 6.15. The first-order valence-electron chi connectivity index (χ1n) is 5.33. The lowest BCUT2D eigenvalue weighted by Gasteiger charge is -1.98. The summed E-state index contributed by atoms with van der Waals surface area (Å²) in [6, 6.07) is 3.75. The van der Waals surface area contributed by atoms with Crippen molar-refractivity contribution in [3.05, 3.63) is 18.0 Å². The fraction of sp³-hybridized carbons (Fsp3) is 0.455. The molecule has 2 aromatic heterocycles. The molecule has 0 aliphatic rings. The largest absolute Gasteiger partial charge is 0.391 e. The van der Waals surface area contributed by atoms with Crippen LogP contribution in [0, 0.1) is 5.92 Å². The van der Waals surface area contributed by atoms with Crippen molar-refractivity contribution in [1.29, 1.82) is 0 Å². The van der Waals surface area contributed by atoms with Crippen molar-refractivity contribution in [1.82, 2.24) is 10.1 Å². The third-order valence-corrected chi connectivity index (χ3v) is 3.15. The highest BCUT2D eigenvalue weighted by atomic mass is 32.1. The van der Waals surface area contributed by atoms with E-state index in [4.69, 9.17) is 10.3 Å². The molecule has 0 atom stereocenters. The molecule has 16 heavy (non-hydrogen) atoms. The normalized spacial score (nSPS) is 11.2. The Kier molecular flexibility index (Phi) is 3.24. The maximum atomic E-state index is 5.65. The monoisotopic (exact) mass is 237 g/mol. The van der Waals surface area contributed by atoms with E-state index in [2.05, 4.69) is 24.0 Å². The van der Waals surface area contributed by atoms with E-state index in [1.54, 1.807) is 0 Å². The zero-order valence-electron chi connectivity index (χ0n) is 9.43. The Bertz CT molecular complexity index is 461. The van der Waals surface area contributed by atoms with Crippen molar-refractivity contribution >= 4 is 16.3 Å². The summed E-state index contributed by atoms with van der Waals surface area (Å²) < 4.78 is 5.19. The molecular weight excluding hydrogens is 222 g/mol. The first kappa shape index (κ1) is 11.1. The lowest BCUT2D eigenvalue weighted by Crippen LogP contribution is -1.93. The molecule has 0 aliphatic carbocycles. The van der Waals surface area contributed by atoms with Gasteiger partial charge in [-0.1, -0.05) is 19.0 Å². The third kappa shape index (κ3) is 2.61. The van der Waals surface area contributed by atoms with Crippen LogP contribution in [0.2, 0.25) is 0 Å². The van der Waals surface area contributed by atoms with Crippen molar-refractivity contribution in [2.24, 2.45) is 5.92 Å². The smallest absolute Gasteiger partial charge is 0.268 e. The predicted molar refractivity (Wildman–Crippen MR) is 65.2 cm³/mol. The predicted octanol–water partition coefficient (Wildman–Crippen LogP) is 2.97. The van der Waals surface area contributed by atoms with Gasteiger partial charge in [0.05, 0.1) is 9.88 Å². The molecule has 0 fully saturated rings. The van der Waals surface area contributed by atoms with Crippen LogP contribution in [0.4, 0.5) is 5.00 Å². The van der Waals surface area contributed by atoms with E-state index in [1.165, 1.54) is 11.3 Å². The van der Waals surface area contributed by atoms with E-state index < -0.39 is 0 Å². The average molecular weight is 237 g/mol. The number of rotatable bonds is 4. The highest BCUT2D eigenvalue weighted by Crippen LogP contribution is 2.28. The summed E-state index contributed by atoms with van der Waals surface area (Å²) >= 11 is 1.46. The van der Waals surface area contributed by atoms with Gasteiger partial charge >= 0.3 is 0 Å². The van der Waals surface area contributed by atoms with Gasteiger partial charge in [-0.25, -0.2) is 0 Å². The maximum absolute atomic E-state index is 5.65. The molecule has 2 rings (SSSR count). The topological polar surface area (TPSA) is 64.9 Å². The minimum atomic E-state index is 0.570. The first-order chi connectivity index (χ1) is 7.65. The molecular formula is C11H15N3OS. The summed E-state index contributed by atoms with van der Waals surface area (Å²) in [6.07, 6.45) is 1.94. The van der Waals surface area contributed by atoms with E-state index >= 15 is 0 Å². The van der Waals surface area contributed by atoms with Crippen molar-refractivity contribution in [2.75, 3.05) is 5.73 Å². The molecule has 5 heteroatoms. The number of aryl methyl sites for hydroxylation is 1. The number of thiophene rings is 1. The second kappa shape index (κ2) is 4.65. The van der Waals surface area contributed by atoms with Crippen LogP contribution in [0.5, 0.6) is 0 Å². The Morgan fingerprint density at radius 1 is 1.44 bits per heavy atom. The third-order valence-electron chi connectivity index (χ3n) is 2.25. The molecule has 86 valence electrons. The summed E-state index contributed by atoms with van der Waals surface area (Å²) in [5, 5.41) is 4.71. The molecule has 2 aromatic rings. The summed E-state index contributed by atoms with van der Waals surface area (Å²) in [7, 11) is 0. The molecule has 4 nitrogen and oxygen atoms in total. The van der Waals surface area contributed by atoms with Gasteiger partial charge < -0.3 is 10.3 Å². The fourth-order valence-electron chi connectivity index (χ4n) is 1.34. The van der Waals surface area contributed by atoms with Gasteiger partial charge in [-0.15, -0.1) is 11.3 Å². The number of anilines is 1. The molecule has 0 aliphatic heterocycles. The molecule has 0 amide bonds. The number of nitrogens with two attached hydrogens (primary N) is 1. The standard InChI is InChI=1S/C11H15N3OS/c1-7(2)3-6-10-13-11(15-14-10)8-4-5-9(12)16-8/h4-5,7H,3,6,12H2,1-2H3. The number of nitrogens with zero attached hydrogens (tertiary/aromatic N) is 2. The number of aromatic nitrogens is 2. The van der Waals surface area contributed by atoms with Gasteiger partial charge in [-0.2, -0.15) is 4.98 Å². The molecule has 0 bridgehead atoms. The van der Waals surface area contributed by atoms with Crippen molar-refractivity contribution < 1.29 is 4.52 Å². The zero-order chi connectivity index (χ0) is 11.5. The van der Waals surface area contributed by atoms with Crippen LogP contribution in [0.25, 0.3) is 10.8 Å². The van der Waals surface area contributed by atoms with E-state index in [0.29, 0.717) is 11.8 Å². The van der Waals surface area contributed by atoms with Gasteiger partial charge in [-0.3, -0.25) is 0 Å². The van der Waals surface area contributed by atoms with E-state index in [1.807, 2.05) is 12.1 Å².